The predicted molar refractivity (Wildman–Crippen MR) is 71.4 cm³/mol. The van der Waals surface area contributed by atoms with Crippen LogP contribution >= 0.6 is 0 Å². The van der Waals surface area contributed by atoms with E-state index in [0.717, 1.165) is 6.54 Å². The molecule has 0 bridgehead atoms. The van der Waals surface area contributed by atoms with Crippen LogP contribution < -0.4 is 10.6 Å². The van der Waals surface area contributed by atoms with Crippen molar-refractivity contribution in [2.24, 2.45) is 5.92 Å². The third-order valence-electron chi connectivity index (χ3n) is 4.42. The molecule has 2 aliphatic rings. The number of methoxy groups -OCH3 is 1. The van der Waals surface area contributed by atoms with Crippen molar-refractivity contribution in [3.8, 4) is 0 Å². The van der Waals surface area contributed by atoms with Crippen molar-refractivity contribution in [3.63, 3.8) is 0 Å². The maximum atomic E-state index is 11.2. The van der Waals surface area contributed by atoms with Crippen LogP contribution in [0.2, 0.25) is 0 Å². The summed E-state index contributed by atoms with van der Waals surface area (Å²) < 4.78 is 4.70. The molecule has 0 aromatic heterocycles. The largest absolute Gasteiger partial charge is 0.468 e. The SMILES string of the molecule is COC(=O)CNC1CCCCC1C1CCCCN1. The maximum Gasteiger partial charge on any atom is 0.319 e. The zero-order chi connectivity index (χ0) is 12.8. The van der Waals surface area contributed by atoms with Crippen LogP contribution in [0.1, 0.15) is 44.9 Å². The van der Waals surface area contributed by atoms with Crippen LogP contribution in [-0.2, 0) is 9.53 Å². The summed E-state index contributed by atoms with van der Waals surface area (Å²) in [5, 5.41) is 7.07. The van der Waals surface area contributed by atoms with Gasteiger partial charge in [0.25, 0.3) is 0 Å². The van der Waals surface area contributed by atoms with Crippen LogP contribution in [0.3, 0.4) is 0 Å². The lowest BCUT2D eigenvalue weighted by atomic mass is 9.77. The van der Waals surface area contributed by atoms with E-state index in [9.17, 15) is 4.79 Å². The Morgan fingerprint density at radius 3 is 2.72 bits per heavy atom. The molecule has 1 saturated carbocycles. The molecular formula is C14H26N2O2. The van der Waals surface area contributed by atoms with E-state index in [1.807, 2.05) is 0 Å². The van der Waals surface area contributed by atoms with Gasteiger partial charge in [-0.3, -0.25) is 4.79 Å². The molecule has 2 fully saturated rings. The van der Waals surface area contributed by atoms with Gasteiger partial charge in [0.15, 0.2) is 0 Å². The van der Waals surface area contributed by atoms with Crippen molar-refractivity contribution >= 4 is 5.97 Å². The lowest BCUT2D eigenvalue weighted by Gasteiger charge is -2.39. The van der Waals surface area contributed by atoms with Crippen LogP contribution in [0, 0.1) is 5.92 Å². The number of hydrogen-bond donors (Lipinski definition) is 2. The average Bonchev–Trinajstić information content (AvgIpc) is 2.46. The fraction of sp³-hybridized carbons (Fsp3) is 0.929. The summed E-state index contributed by atoms with van der Waals surface area (Å²) in [6, 6.07) is 1.13. The molecular weight excluding hydrogens is 228 g/mol. The fourth-order valence-corrected chi connectivity index (χ4v) is 3.43. The van der Waals surface area contributed by atoms with Crippen LogP contribution in [0.5, 0.6) is 0 Å². The minimum absolute atomic E-state index is 0.157. The quantitative estimate of drug-likeness (QED) is 0.746. The minimum atomic E-state index is -0.157. The van der Waals surface area contributed by atoms with Crippen molar-refractivity contribution in [1.82, 2.24) is 10.6 Å². The lowest BCUT2D eigenvalue weighted by molar-refractivity contribution is -0.139. The number of carbonyl (C=O) groups is 1. The molecule has 1 aliphatic carbocycles. The molecule has 4 heteroatoms. The Morgan fingerprint density at radius 1 is 1.22 bits per heavy atom. The summed E-state index contributed by atoms with van der Waals surface area (Å²) in [5.41, 5.74) is 0. The summed E-state index contributed by atoms with van der Waals surface area (Å²) in [6.45, 7) is 1.51. The van der Waals surface area contributed by atoms with E-state index in [0.29, 0.717) is 24.5 Å². The Labute approximate surface area is 110 Å². The Kier molecular flexibility index (Phi) is 5.45. The summed E-state index contributed by atoms with van der Waals surface area (Å²) >= 11 is 0. The number of ether oxygens (including phenoxy) is 1. The number of nitrogens with one attached hydrogen (secondary N) is 2. The van der Waals surface area contributed by atoms with E-state index in [-0.39, 0.29) is 5.97 Å². The fourth-order valence-electron chi connectivity index (χ4n) is 3.43. The van der Waals surface area contributed by atoms with Crippen molar-refractivity contribution in [2.45, 2.75) is 57.0 Å². The van der Waals surface area contributed by atoms with Gasteiger partial charge in [0, 0.05) is 12.1 Å². The summed E-state index contributed by atoms with van der Waals surface area (Å²) in [6.07, 6.45) is 9.04. The first-order chi connectivity index (χ1) is 8.81. The van der Waals surface area contributed by atoms with Crippen LogP contribution in [0.25, 0.3) is 0 Å². The molecule has 1 aliphatic heterocycles. The summed E-state index contributed by atoms with van der Waals surface area (Å²) in [4.78, 5) is 11.2. The second kappa shape index (κ2) is 7.10. The third-order valence-corrected chi connectivity index (χ3v) is 4.42. The van der Waals surface area contributed by atoms with Gasteiger partial charge in [-0.1, -0.05) is 19.3 Å². The number of carbonyl (C=O) groups excluding carboxylic acids is 1. The van der Waals surface area contributed by atoms with Gasteiger partial charge in [0.1, 0.15) is 0 Å². The standard InChI is InChI=1S/C14H26N2O2/c1-18-14(17)10-16-13-7-3-2-6-11(13)12-8-4-5-9-15-12/h11-13,15-16H,2-10H2,1H3. The van der Waals surface area contributed by atoms with Gasteiger partial charge >= 0.3 is 5.97 Å². The first-order valence-electron chi connectivity index (χ1n) is 7.35. The molecule has 104 valence electrons. The molecule has 4 nitrogen and oxygen atoms in total. The molecule has 1 heterocycles. The van der Waals surface area contributed by atoms with Gasteiger partial charge in [-0.25, -0.2) is 0 Å². The molecule has 3 unspecified atom stereocenters. The smallest absolute Gasteiger partial charge is 0.319 e. The van der Waals surface area contributed by atoms with Gasteiger partial charge in [0.05, 0.1) is 13.7 Å². The molecule has 0 amide bonds. The lowest BCUT2D eigenvalue weighted by Crippen LogP contribution is -2.51. The molecule has 0 aromatic rings. The Balaban J connectivity index is 1.86. The Morgan fingerprint density at radius 2 is 2.00 bits per heavy atom. The first kappa shape index (κ1) is 13.8. The van der Waals surface area contributed by atoms with Crippen LogP contribution in [-0.4, -0.2) is 38.3 Å². The second-order valence-corrected chi connectivity index (χ2v) is 5.57. The molecule has 2 rings (SSSR count). The normalized spacial score (nSPS) is 33.1. The molecule has 1 saturated heterocycles. The van der Waals surface area contributed by atoms with Crippen molar-refractivity contribution in [1.29, 1.82) is 0 Å². The highest BCUT2D eigenvalue weighted by molar-refractivity contribution is 5.71. The monoisotopic (exact) mass is 254 g/mol. The van der Waals surface area contributed by atoms with E-state index in [1.54, 1.807) is 0 Å². The van der Waals surface area contributed by atoms with Crippen molar-refractivity contribution < 1.29 is 9.53 Å². The van der Waals surface area contributed by atoms with Crippen molar-refractivity contribution in [2.75, 3.05) is 20.2 Å². The van der Waals surface area contributed by atoms with Gasteiger partial charge in [-0.2, -0.15) is 0 Å². The van der Waals surface area contributed by atoms with Gasteiger partial charge in [-0.05, 0) is 38.1 Å². The molecule has 0 aromatic carbocycles. The zero-order valence-corrected chi connectivity index (χ0v) is 11.4. The Bertz CT molecular complexity index is 265. The van der Waals surface area contributed by atoms with E-state index in [2.05, 4.69) is 10.6 Å². The Hall–Kier alpha value is -0.610. The maximum absolute atomic E-state index is 11.2. The van der Waals surface area contributed by atoms with Gasteiger partial charge in [-0.15, -0.1) is 0 Å². The molecule has 0 radical (unpaired) electrons. The average molecular weight is 254 g/mol. The number of esters is 1. The molecule has 18 heavy (non-hydrogen) atoms. The van der Waals surface area contributed by atoms with Crippen LogP contribution in [0.15, 0.2) is 0 Å². The molecule has 0 spiro atoms. The molecule has 3 atom stereocenters. The van der Waals surface area contributed by atoms with E-state index in [1.165, 1.54) is 52.1 Å². The van der Waals surface area contributed by atoms with E-state index < -0.39 is 0 Å². The van der Waals surface area contributed by atoms with E-state index in [4.69, 9.17) is 4.74 Å². The van der Waals surface area contributed by atoms with Gasteiger partial charge < -0.3 is 15.4 Å². The summed E-state index contributed by atoms with van der Waals surface area (Å²) in [7, 11) is 1.45. The highest BCUT2D eigenvalue weighted by Crippen LogP contribution is 2.30. The summed E-state index contributed by atoms with van der Waals surface area (Å²) in [5.74, 6) is 0.527. The first-order valence-corrected chi connectivity index (χ1v) is 7.35. The highest BCUT2D eigenvalue weighted by atomic mass is 16.5. The number of hydrogen-bond acceptors (Lipinski definition) is 4. The number of piperidine rings is 1. The second-order valence-electron chi connectivity index (χ2n) is 5.57. The number of rotatable bonds is 4. The van der Waals surface area contributed by atoms with Gasteiger partial charge in [0.2, 0.25) is 0 Å². The zero-order valence-electron chi connectivity index (χ0n) is 11.4. The van der Waals surface area contributed by atoms with Crippen molar-refractivity contribution in [3.05, 3.63) is 0 Å². The third kappa shape index (κ3) is 3.69. The topological polar surface area (TPSA) is 50.4 Å². The minimum Gasteiger partial charge on any atom is -0.468 e. The molecule has 2 N–H and O–H groups in total. The predicted octanol–water partition coefficient (Wildman–Crippen LogP) is 1.45. The highest BCUT2D eigenvalue weighted by Gasteiger charge is 2.32. The van der Waals surface area contributed by atoms with Crippen LogP contribution in [0.4, 0.5) is 0 Å². The van der Waals surface area contributed by atoms with E-state index >= 15 is 0 Å².